The Bertz CT molecular complexity index is 1010. The van der Waals surface area contributed by atoms with Crippen LogP contribution < -0.4 is 21.1 Å². The molecule has 8 nitrogen and oxygen atoms in total. The summed E-state index contributed by atoms with van der Waals surface area (Å²) in [4.78, 5) is 14.4. The van der Waals surface area contributed by atoms with E-state index >= 15 is 0 Å². The number of nitrogens with one attached hydrogen (secondary N) is 4. The highest BCUT2D eigenvalue weighted by atomic mass is 32.2. The van der Waals surface area contributed by atoms with E-state index in [9.17, 15) is 26.4 Å². The number of amides is 1. The van der Waals surface area contributed by atoms with Crippen LogP contribution >= 0.6 is 0 Å². The van der Waals surface area contributed by atoms with Gasteiger partial charge in [0, 0.05) is 18.3 Å². The van der Waals surface area contributed by atoms with Gasteiger partial charge in [0.1, 0.15) is 0 Å². The zero-order valence-corrected chi connectivity index (χ0v) is 15.5. The molecule has 4 N–H and O–H groups in total. The Balaban J connectivity index is 1.59. The van der Waals surface area contributed by atoms with Gasteiger partial charge >= 0.3 is 6.18 Å². The molecule has 0 fully saturated rings. The van der Waals surface area contributed by atoms with Crippen molar-refractivity contribution in [3.8, 4) is 0 Å². The minimum absolute atomic E-state index is 0.0263. The van der Waals surface area contributed by atoms with Crippen molar-refractivity contribution < 1.29 is 26.4 Å². The number of carbonyl (C=O) groups excluding carboxylic acids is 1. The molecule has 0 saturated carbocycles. The van der Waals surface area contributed by atoms with Crippen molar-refractivity contribution in [3.63, 3.8) is 0 Å². The highest BCUT2D eigenvalue weighted by Gasteiger charge is 2.29. The van der Waals surface area contributed by atoms with Crippen molar-refractivity contribution in [2.24, 2.45) is 0 Å². The largest absolute Gasteiger partial charge is 0.416 e. The molecule has 1 aliphatic rings. The second-order valence-corrected chi connectivity index (χ2v) is 7.60. The molecule has 0 aliphatic carbocycles. The smallest absolute Gasteiger partial charge is 0.348 e. The lowest BCUT2D eigenvalue weighted by atomic mass is 10.1. The van der Waals surface area contributed by atoms with Crippen LogP contribution in [0.25, 0.3) is 0 Å². The summed E-state index contributed by atoms with van der Waals surface area (Å²) in [6.07, 6.45) is -1.52. The Labute approximate surface area is 164 Å². The van der Waals surface area contributed by atoms with Crippen LogP contribution in [0.1, 0.15) is 21.5 Å². The molecular formula is C17H16F3N5O3S. The molecule has 0 bridgehead atoms. The molecule has 2 aromatic rings. The molecule has 0 saturated heterocycles. The normalized spacial score (nSPS) is 14.0. The molecule has 0 atom stereocenters. The predicted octanol–water partition coefficient (Wildman–Crippen LogP) is 1.62. The lowest BCUT2D eigenvalue weighted by Crippen LogP contribution is -2.47. The molecule has 2 aromatic carbocycles. The molecule has 0 unspecified atom stereocenters. The number of rotatable bonds is 6. The fraction of sp³-hybridized carbons (Fsp3) is 0.118. The summed E-state index contributed by atoms with van der Waals surface area (Å²) < 4.78 is 62.2. The SMILES string of the molecule is O=C(NCc1ccc(C(F)(F)F)cc1)c1ccc(S(=O)(=O)NN2C=CNN2)cc1. The zero-order valence-electron chi connectivity index (χ0n) is 14.7. The first-order chi connectivity index (χ1) is 13.6. The first-order valence-electron chi connectivity index (χ1n) is 8.19. The van der Waals surface area contributed by atoms with E-state index in [0.717, 1.165) is 17.3 Å². The van der Waals surface area contributed by atoms with E-state index in [1.165, 1.54) is 48.8 Å². The maximum Gasteiger partial charge on any atom is 0.416 e. The number of halogens is 3. The van der Waals surface area contributed by atoms with E-state index in [1.54, 1.807) is 0 Å². The van der Waals surface area contributed by atoms with Crippen molar-refractivity contribution in [1.82, 2.24) is 26.2 Å². The van der Waals surface area contributed by atoms with Crippen molar-refractivity contribution in [1.29, 1.82) is 0 Å². The summed E-state index contributed by atoms with van der Waals surface area (Å²) in [6, 6.07) is 9.64. The third-order valence-electron chi connectivity index (χ3n) is 3.87. The van der Waals surface area contributed by atoms with Crippen LogP contribution in [0, 0.1) is 0 Å². The second kappa shape index (κ2) is 8.11. The number of sulfonamides is 1. The van der Waals surface area contributed by atoms with Gasteiger partial charge in [0.05, 0.1) is 16.7 Å². The Hall–Kier alpha value is -3.09. The number of benzene rings is 2. The van der Waals surface area contributed by atoms with Gasteiger partial charge in [-0.1, -0.05) is 12.1 Å². The van der Waals surface area contributed by atoms with Crippen LogP contribution in [-0.4, -0.2) is 19.4 Å². The lowest BCUT2D eigenvalue weighted by molar-refractivity contribution is -0.137. The Morgan fingerprint density at radius 2 is 1.69 bits per heavy atom. The maximum absolute atomic E-state index is 12.6. The molecule has 1 aliphatic heterocycles. The van der Waals surface area contributed by atoms with Gasteiger partial charge < -0.3 is 10.7 Å². The average Bonchev–Trinajstić information content (AvgIpc) is 3.18. The van der Waals surface area contributed by atoms with Gasteiger partial charge in [-0.2, -0.15) is 13.2 Å². The van der Waals surface area contributed by atoms with Crippen LogP contribution in [0.5, 0.6) is 0 Å². The highest BCUT2D eigenvalue weighted by molar-refractivity contribution is 7.89. The van der Waals surface area contributed by atoms with Crippen molar-refractivity contribution in [3.05, 3.63) is 77.6 Å². The monoisotopic (exact) mass is 427 g/mol. The number of hydrogen-bond donors (Lipinski definition) is 4. The lowest BCUT2D eigenvalue weighted by Gasteiger charge is -2.16. The Morgan fingerprint density at radius 1 is 1.03 bits per heavy atom. The molecule has 0 aromatic heterocycles. The number of hydrogen-bond acceptors (Lipinski definition) is 6. The first-order valence-corrected chi connectivity index (χ1v) is 9.67. The standard InChI is InChI=1S/C17H16F3N5O3S/c18-17(19,20)14-5-1-12(2-6-14)11-21-16(26)13-3-7-15(8-4-13)29(27,28)24-25-10-9-22-23-25/h1-10,22-24H,11H2,(H,21,26). The van der Waals surface area contributed by atoms with Crippen LogP contribution in [0.4, 0.5) is 13.2 Å². The Kier molecular flexibility index (Phi) is 5.77. The van der Waals surface area contributed by atoms with Gasteiger partial charge in [-0.05, 0) is 42.0 Å². The summed E-state index contributed by atoms with van der Waals surface area (Å²) in [5, 5.41) is 3.67. The topological polar surface area (TPSA) is 103 Å². The summed E-state index contributed by atoms with van der Waals surface area (Å²) in [6.45, 7) is 0.0263. The fourth-order valence-electron chi connectivity index (χ4n) is 2.37. The summed E-state index contributed by atoms with van der Waals surface area (Å²) in [5.41, 5.74) is 5.01. The maximum atomic E-state index is 12.6. The predicted molar refractivity (Wildman–Crippen MR) is 96.6 cm³/mol. The second-order valence-electron chi connectivity index (χ2n) is 5.94. The highest BCUT2D eigenvalue weighted by Crippen LogP contribution is 2.29. The Morgan fingerprint density at radius 3 is 2.24 bits per heavy atom. The van der Waals surface area contributed by atoms with Gasteiger partial charge in [-0.3, -0.25) is 4.79 Å². The van der Waals surface area contributed by atoms with Gasteiger partial charge in [-0.15, -0.1) is 10.4 Å². The first kappa shape index (κ1) is 20.6. The van der Waals surface area contributed by atoms with Crippen molar-refractivity contribution >= 4 is 15.9 Å². The van der Waals surface area contributed by atoms with E-state index in [0.29, 0.717) is 5.56 Å². The van der Waals surface area contributed by atoms with Gasteiger partial charge in [0.15, 0.2) is 0 Å². The summed E-state index contributed by atoms with van der Waals surface area (Å²) >= 11 is 0. The van der Waals surface area contributed by atoms with E-state index in [1.807, 2.05) is 0 Å². The molecule has 0 radical (unpaired) electrons. The fourth-order valence-corrected chi connectivity index (χ4v) is 3.34. The van der Waals surface area contributed by atoms with Gasteiger partial charge in [0.2, 0.25) is 0 Å². The van der Waals surface area contributed by atoms with Crippen molar-refractivity contribution in [2.45, 2.75) is 17.6 Å². The quantitative estimate of drug-likeness (QED) is 0.559. The minimum atomic E-state index is -4.42. The average molecular weight is 427 g/mol. The molecule has 29 heavy (non-hydrogen) atoms. The number of alkyl halides is 3. The van der Waals surface area contributed by atoms with E-state index in [4.69, 9.17) is 0 Å². The van der Waals surface area contributed by atoms with E-state index in [2.05, 4.69) is 21.1 Å². The molecule has 1 amide bonds. The third-order valence-corrected chi connectivity index (χ3v) is 5.20. The van der Waals surface area contributed by atoms with Crippen LogP contribution in [-0.2, 0) is 22.7 Å². The number of hydrazine groups is 3. The summed E-state index contributed by atoms with van der Waals surface area (Å²) in [5.74, 6) is -0.491. The number of carbonyl (C=O) groups is 1. The van der Waals surface area contributed by atoms with Crippen LogP contribution in [0.15, 0.2) is 65.8 Å². The molecule has 1 heterocycles. The molecule has 154 valence electrons. The van der Waals surface area contributed by atoms with Crippen LogP contribution in [0.2, 0.25) is 0 Å². The molecule has 12 heteroatoms. The van der Waals surface area contributed by atoms with E-state index < -0.39 is 27.7 Å². The molecule has 0 spiro atoms. The van der Waals surface area contributed by atoms with Gasteiger partial charge in [-0.25, -0.2) is 13.5 Å². The minimum Gasteiger partial charge on any atom is -0.348 e. The van der Waals surface area contributed by atoms with Gasteiger partial charge in [0.25, 0.3) is 15.9 Å². The molecule has 3 rings (SSSR count). The number of nitrogens with zero attached hydrogens (tertiary/aromatic N) is 1. The van der Waals surface area contributed by atoms with E-state index in [-0.39, 0.29) is 17.0 Å². The molecular weight excluding hydrogens is 411 g/mol. The third kappa shape index (κ3) is 5.25. The van der Waals surface area contributed by atoms with Crippen molar-refractivity contribution in [2.75, 3.05) is 0 Å². The van der Waals surface area contributed by atoms with Crippen LogP contribution in [0.3, 0.4) is 0 Å². The summed E-state index contributed by atoms with van der Waals surface area (Å²) in [7, 11) is -3.86. The zero-order chi connectivity index (χ0) is 21.1.